The second kappa shape index (κ2) is 9.00. The van der Waals surface area contributed by atoms with E-state index < -0.39 is 17.8 Å². The van der Waals surface area contributed by atoms with Crippen LogP contribution in [0.25, 0.3) is 22.3 Å². The van der Waals surface area contributed by atoms with Crippen molar-refractivity contribution in [3.8, 4) is 17.3 Å². The van der Waals surface area contributed by atoms with Gasteiger partial charge in [0.1, 0.15) is 11.3 Å². The molecule has 168 valence electrons. The zero-order valence-corrected chi connectivity index (χ0v) is 18.4. The zero-order valence-electron chi connectivity index (χ0n) is 17.6. The molecule has 3 aromatic rings. The second-order valence-corrected chi connectivity index (χ2v) is 8.25. The number of hydrogen-bond acceptors (Lipinski definition) is 5. The topological polar surface area (TPSA) is 110 Å². The highest BCUT2D eigenvalue weighted by atomic mass is 35.5. The quantitative estimate of drug-likeness (QED) is 0.616. The summed E-state index contributed by atoms with van der Waals surface area (Å²) in [5.41, 5.74) is 1.66. The predicted octanol–water partition coefficient (Wildman–Crippen LogP) is 4.18. The number of aromatic nitrogens is 2. The minimum Gasteiger partial charge on any atom is -0.465 e. The number of rotatable bonds is 4. The van der Waals surface area contributed by atoms with Gasteiger partial charge < -0.3 is 14.9 Å². The number of benzene rings is 1. The number of carbonyl (C=O) groups is 2. The molecule has 4 rings (SSSR count). The number of hydrogen-bond donors (Lipinski definition) is 1. The Labute approximate surface area is 193 Å². The van der Waals surface area contributed by atoms with Gasteiger partial charge in [-0.3, -0.25) is 9.78 Å². The molecule has 0 radical (unpaired) electrons. The third kappa shape index (κ3) is 4.43. The molecule has 1 aromatic carbocycles. The van der Waals surface area contributed by atoms with E-state index in [2.05, 4.69) is 9.97 Å². The van der Waals surface area contributed by atoms with Crippen LogP contribution in [0.15, 0.2) is 36.5 Å². The molecule has 3 heterocycles. The Morgan fingerprint density at radius 3 is 2.88 bits per heavy atom. The largest absolute Gasteiger partial charge is 0.465 e. The molecule has 2 aromatic heterocycles. The molecular weight excluding hydrogens is 449 g/mol. The maximum Gasteiger partial charge on any atom is 0.407 e. The van der Waals surface area contributed by atoms with E-state index >= 15 is 0 Å². The second-order valence-electron chi connectivity index (χ2n) is 7.84. The average molecular weight is 468 g/mol. The van der Waals surface area contributed by atoms with Crippen LogP contribution in [0.3, 0.4) is 0 Å². The maximum atomic E-state index is 14.0. The number of fused-ring (bicyclic) bond motifs is 1. The summed E-state index contributed by atoms with van der Waals surface area (Å²) in [6.45, 7) is 0.643. The first-order valence-corrected chi connectivity index (χ1v) is 10.6. The fourth-order valence-corrected chi connectivity index (χ4v) is 4.30. The Hall–Kier alpha value is -3.77. The summed E-state index contributed by atoms with van der Waals surface area (Å²) in [6.07, 6.45) is 1.75. The van der Waals surface area contributed by atoms with Gasteiger partial charge in [0.15, 0.2) is 0 Å². The van der Waals surface area contributed by atoms with E-state index in [1.54, 1.807) is 19.2 Å². The average Bonchev–Trinajstić information content (AvgIpc) is 3.26. The van der Waals surface area contributed by atoms with E-state index in [0.717, 1.165) is 12.5 Å². The number of pyridine rings is 2. The smallest absolute Gasteiger partial charge is 0.407 e. The lowest BCUT2D eigenvalue weighted by atomic mass is 10.1. The van der Waals surface area contributed by atoms with Crippen LogP contribution in [0, 0.1) is 17.1 Å². The molecule has 1 saturated heterocycles. The summed E-state index contributed by atoms with van der Waals surface area (Å²) in [4.78, 5) is 36.3. The summed E-state index contributed by atoms with van der Waals surface area (Å²) < 4.78 is 14.0. The minimum absolute atomic E-state index is 0.0995. The van der Waals surface area contributed by atoms with E-state index in [1.165, 1.54) is 28.1 Å². The highest BCUT2D eigenvalue weighted by Crippen LogP contribution is 2.28. The third-order valence-corrected chi connectivity index (χ3v) is 5.94. The molecule has 1 N–H and O–H groups in total. The first-order valence-electron chi connectivity index (χ1n) is 10.2. The molecule has 0 spiro atoms. The summed E-state index contributed by atoms with van der Waals surface area (Å²) in [5, 5.41) is 18.6. The third-order valence-electron chi connectivity index (χ3n) is 5.66. The molecule has 1 aliphatic rings. The summed E-state index contributed by atoms with van der Waals surface area (Å²) in [6, 6.07) is 8.75. The highest BCUT2D eigenvalue weighted by molar-refractivity contribution is 6.35. The summed E-state index contributed by atoms with van der Waals surface area (Å²) in [7, 11) is 1.58. The molecule has 0 saturated carbocycles. The van der Waals surface area contributed by atoms with Crippen molar-refractivity contribution >= 4 is 34.6 Å². The van der Waals surface area contributed by atoms with Crippen LogP contribution in [-0.2, 0) is 0 Å². The van der Waals surface area contributed by atoms with Crippen molar-refractivity contribution < 1.29 is 19.1 Å². The van der Waals surface area contributed by atoms with Crippen LogP contribution in [0.2, 0.25) is 5.02 Å². The van der Waals surface area contributed by atoms with Crippen LogP contribution in [-0.4, -0.2) is 63.1 Å². The summed E-state index contributed by atoms with van der Waals surface area (Å²) in [5.74, 6) is -1.00. The number of likely N-dealkylation sites (tertiary alicyclic amines) is 1. The van der Waals surface area contributed by atoms with E-state index in [-0.39, 0.29) is 34.3 Å². The van der Waals surface area contributed by atoms with E-state index in [1.807, 2.05) is 6.07 Å². The number of likely N-dealkylation sites (N-methyl/N-ethyl adjacent to an activating group) is 1. The number of nitriles is 1. The fraction of sp³-hybridized carbons (Fsp3) is 0.261. The van der Waals surface area contributed by atoms with Crippen molar-refractivity contribution in [3.05, 3.63) is 58.5 Å². The van der Waals surface area contributed by atoms with Gasteiger partial charge in [0.2, 0.25) is 0 Å². The molecule has 1 fully saturated rings. The molecule has 2 amide bonds. The van der Waals surface area contributed by atoms with E-state index in [0.29, 0.717) is 29.7 Å². The van der Waals surface area contributed by atoms with E-state index in [9.17, 15) is 19.1 Å². The standard InChI is InChI=1S/C23H19ClFN5O3/c1-29(12-16-3-2-6-30(16)23(32)33)22(31)20-17(24)11-27-19-5-4-18(28-21(19)20)14-7-13(10-26)8-15(25)9-14/h4-5,7-9,11,16H,2-3,6,12H2,1H3,(H,32,33)/t16-/m0/s1. The number of carbonyl (C=O) groups excluding carboxylic acids is 1. The fourth-order valence-electron chi connectivity index (χ4n) is 4.08. The summed E-state index contributed by atoms with van der Waals surface area (Å²) >= 11 is 6.35. The van der Waals surface area contributed by atoms with Gasteiger partial charge in [0, 0.05) is 31.9 Å². The van der Waals surface area contributed by atoms with Crippen molar-refractivity contribution in [1.82, 2.24) is 19.8 Å². The van der Waals surface area contributed by atoms with Crippen molar-refractivity contribution in [2.45, 2.75) is 18.9 Å². The molecule has 1 aliphatic heterocycles. The Balaban J connectivity index is 1.73. The lowest BCUT2D eigenvalue weighted by Crippen LogP contribution is -2.43. The lowest BCUT2D eigenvalue weighted by molar-refractivity contribution is 0.0746. The predicted molar refractivity (Wildman–Crippen MR) is 119 cm³/mol. The lowest BCUT2D eigenvalue weighted by Gasteiger charge is -2.27. The van der Waals surface area contributed by atoms with Crippen LogP contribution in [0.5, 0.6) is 0 Å². The van der Waals surface area contributed by atoms with Crippen LogP contribution < -0.4 is 0 Å². The Morgan fingerprint density at radius 2 is 2.15 bits per heavy atom. The van der Waals surface area contributed by atoms with Gasteiger partial charge in [-0.2, -0.15) is 5.26 Å². The monoisotopic (exact) mass is 467 g/mol. The normalized spacial score (nSPS) is 15.5. The van der Waals surface area contributed by atoms with Crippen LogP contribution in [0.1, 0.15) is 28.8 Å². The first-order chi connectivity index (χ1) is 15.8. The molecule has 0 aliphatic carbocycles. The Bertz CT molecular complexity index is 1310. The molecule has 0 unspecified atom stereocenters. The Morgan fingerprint density at radius 1 is 1.36 bits per heavy atom. The van der Waals surface area contributed by atoms with Crippen molar-refractivity contribution in [3.63, 3.8) is 0 Å². The van der Waals surface area contributed by atoms with E-state index in [4.69, 9.17) is 16.9 Å². The molecule has 10 heteroatoms. The number of carboxylic acid groups (broad SMARTS) is 1. The van der Waals surface area contributed by atoms with Gasteiger partial charge in [0.25, 0.3) is 5.91 Å². The Kier molecular flexibility index (Phi) is 6.11. The van der Waals surface area contributed by atoms with Gasteiger partial charge in [-0.1, -0.05) is 11.6 Å². The van der Waals surface area contributed by atoms with Crippen molar-refractivity contribution in [2.24, 2.45) is 0 Å². The van der Waals surface area contributed by atoms with Crippen molar-refractivity contribution in [2.75, 3.05) is 20.1 Å². The van der Waals surface area contributed by atoms with Gasteiger partial charge in [0.05, 0.1) is 39.5 Å². The van der Waals surface area contributed by atoms with Crippen LogP contribution in [0.4, 0.5) is 9.18 Å². The number of amides is 2. The molecular formula is C23H19ClFN5O3. The molecule has 0 bridgehead atoms. The minimum atomic E-state index is -1.01. The van der Waals surface area contributed by atoms with Crippen LogP contribution >= 0.6 is 11.6 Å². The SMILES string of the molecule is CN(C[C@@H]1CCCN1C(=O)O)C(=O)c1c(Cl)cnc2ccc(-c3cc(F)cc(C#N)c3)nc12. The number of halogens is 2. The number of nitrogens with zero attached hydrogens (tertiary/aromatic N) is 5. The first kappa shape index (κ1) is 22.4. The molecule has 33 heavy (non-hydrogen) atoms. The zero-order chi connectivity index (χ0) is 23.7. The van der Waals surface area contributed by atoms with Crippen molar-refractivity contribution in [1.29, 1.82) is 5.26 Å². The van der Waals surface area contributed by atoms with Gasteiger partial charge >= 0.3 is 6.09 Å². The van der Waals surface area contributed by atoms with Gasteiger partial charge in [-0.05, 0) is 43.2 Å². The van der Waals surface area contributed by atoms with Gasteiger partial charge in [-0.25, -0.2) is 14.2 Å². The van der Waals surface area contributed by atoms with Gasteiger partial charge in [-0.15, -0.1) is 0 Å². The maximum absolute atomic E-state index is 14.0. The molecule has 8 nitrogen and oxygen atoms in total. The highest BCUT2D eigenvalue weighted by Gasteiger charge is 2.31. The molecule has 1 atom stereocenters.